The summed E-state index contributed by atoms with van der Waals surface area (Å²) in [6.45, 7) is 9.52. The van der Waals surface area contributed by atoms with Gasteiger partial charge in [0, 0.05) is 21.5 Å². The molecule has 1 heterocycles. The molecule has 0 amide bonds. The topological polar surface area (TPSA) is 59.2 Å². The lowest BCUT2D eigenvalue weighted by atomic mass is 9.92. The number of aromatic nitrogens is 1. The van der Waals surface area contributed by atoms with E-state index in [2.05, 4.69) is 18.8 Å². The first-order valence-electron chi connectivity index (χ1n) is 9.26. The fourth-order valence-corrected chi connectivity index (χ4v) is 3.31. The van der Waals surface area contributed by atoms with Crippen molar-refractivity contribution < 1.29 is 9.53 Å². The number of carbonyl (C=O) groups is 1. The Morgan fingerprint density at radius 2 is 1.82 bits per heavy atom. The minimum Gasteiger partial charge on any atom is -0.456 e. The van der Waals surface area contributed by atoms with E-state index >= 15 is 0 Å². The second-order valence-corrected chi connectivity index (χ2v) is 8.61. The van der Waals surface area contributed by atoms with Crippen LogP contribution in [0.2, 0.25) is 5.02 Å². The lowest BCUT2D eigenvalue weighted by Gasteiger charge is -2.21. The highest BCUT2D eigenvalue weighted by Gasteiger charge is 2.26. The summed E-state index contributed by atoms with van der Waals surface area (Å²) in [6, 6.07) is 13.1. The summed E-state index contributed by atoms with van der Waals surface area (Å²) in [7, 11) is 0. The van der Waals surface area contributed by atoms with Crippen molar-refractivity contribution in [2.45, 2.75) is 46.1 Å². The van der Waals surface area contributed by atoms with E-state index < -0.39 is 17.1 Å². The number of rotatable bonds is 3. The predicted octanol–water partition coefficient (Wildman–Crippen LogP) is 5.93. The van der Waals surface area contributed by atoms with Crippen molar-refractivity contribution in [3.63, 3.8) is 0 Å². The van der Waals surface area contributed by atoms with Crippen LogP contribution in [0.25, 0.3) is 22.0 Å². The predicted molar refractivity (Wildman–Crippen MR) is 114 cm³/mol. The van der Waals surface area contributed by atoms with Crippen LogP contribution in [0.15, 0.2) is 47.3 Å². The number of halogens is 1. The Balaban J connectivity index is 2.38. The number of nitrogens with one attached hydrogen (secondary N) is 1. The molecule has 5 heteroatoms. The van der Waals surface area contributed by atoms with Gasteiger partial charge >= 0.3 is 5.97 Å². The quantitative estimate of drug-likeness (QED) is 0.557. The standard InChI is InChI=1S/C23H24ClNO3/c1-13(2)14-7-6-8-15(11-14)19-17-12-16(24)9-10-18(17)25-21(26)20(19)22(27)28-23(3,4)5/h6-13H,1-5H3,(H,25,26). The van der Waals surface area contributed by atoms with Gasteiger partial charge in [-0.15, -0.1) is 0 Å². The maximum absolute atomic E-state index is 12.9. The molecule has 2 aromatic carbocycles. The van der Waals surface area contributed by atoms with Crippen molar-refractivity contribution in [1.82, 2.24) is 4.98 Å². The fourth-order valence-electron chi connectivity index (χ4n) is 3.14. The Kier molecular flexibility index (Phi) is 5.35. The Labute approximate surface area is 169 Å². The van der Waals surface area contributed by atoms with Crippen LogP contribution in [0.4, 0.5) is 0 Å². The smallest absolute Gasteiger partial charge is 0.344 e. The number of fused-ring (bicyclic) bond motifs is 1. The highest BCUT2D eigenvalue weighted by molar-refractivity contribution is 6.31. The van der Waals surface area contributed by atoms with Crippen LogP contribution in [0.3, 0.4) is 0 Å². The van der Waals surface area contributed by atoms with Gasteiger partial charge < -0.3 is 9.72 Å². The number of H-pyrrole nitrogens is 1. The Hall–Kier alpha value is -2.59. The van der Waals surface area contributed by atoms with Gasteiger partial charge in [0.05, 0.1) is 0 Å². The first-order valence-corrected chi connectivity index (χ1v) is 9.64. The summed E-state index contributed by atoms with van der Waals surface area (Å²) >= 11 is 6.23. The van der Waals surface area contributed by atoms with Gasteiger partial charge in [-0.2, -0.15) is 0 Å². The van der Waals surface area contributed by atoms with Gasteiger partial charge in [-0.1, -0.05) is 49.7 Å². The molecule has 0 aliphatic heterocycles. The Bertz CT molecular complexity index is 1110. The molecule has 3 aromatic rings. The number of benzene rings is 2. The van der Waals surface area contributed by atoms with E-state index in [1.165, 1.54) is 0 Å². The molecule has 0 radical (unpaired) electrons. The molecule has 4 nitrogen and oxygen atoms in total. The highest BCUT2D eigenvalue weighted by atomic mass is 35.5. The van der Waals surface area contributed by atoms with Gasteiger partial charge in [0.15, 0.2) is 0 Å². The van der Waals surface area contributed by atoms with Gasteiger partial charge in [-0.05, 0) is 56.0 Å². The van der Waals surface area contributed by atoms with Crippen molar-refractivity contribution in [2.75, 3.05) is 0 Å². The summed E-state index contributed by atoms with van der Waals surface area (Å²) in [4.78, 5) is 28.6. The van der Waals surface area contributed by atoms with Crippen molar-refractivity contribution in [1.29, 1.82) is 0 Å². The molecule has 3 rings (SSSR count). The summed E-state index contributed by atoms with van der Waals surface area (Å²) < 4.78 is 5.53. The molecule has 28 heavy (non-hydrogen) atoms. The SMILES string of the molecule is CC(C)c1cccc(-c2c(C(=O)OC(C)(C)C)c(=O)[nH]c3ccc(Cl)cc23)c1. The first kappa shape index (κ1) is 20.2. The zero-order valence-corrected chi connectivity index (χ0v) is 17.5. The normalized spacial score (nSPS) is 11.8. The number of ether oxygens (including phenoxy) is 1. The van der Waals surface area contributed by atoms with Crippen LogP contribution in [0, 0.1) is 0 Å². The van der Waals surface area contributed by atoms with Gasteiger partial charge in [-0.3, -0.25) is 4.79 Å². The molecule has 0 aliphatic rings. The minimum atomic E-state index is -0.718. The Morgan fingerprint density at radius 1 is 1.11 bits per heavy atom. The molecule has 1 aromatic heterocycles. The maximum Gasteiger partial charge on any atom is 0.344 e. The zero-order valence-electron chi connectivity index (χ0n) is 16.7. The summed E-state index contributed by atoms with van der Waals surface area (Å²) in [5.41, 5.74) is 1.85. The molecule has 146 valence electrons. The van der Waals surface area contributed by atoms with Gasteiger partial charge in [0.2, 0.25) is 0 Å². The van der Waals surface area contributed by atoms with Crippen LogP contribution in [-0.2, 0) is 4.74 Å². The third kappa shape index (κ3) is 4.12. The van der Waals surface area contributed by atoms with E-state index in [-0.39, 0.29) is 5.56 Å². The molecule has 1 N–H and O–H groups in total. The second kappa shape index (κ2) is 7.44. The molecular formula is C23H24ClNO3. The molecular weight excluding hydrogens is 374 g/mol. The van der Waals surface area contributed by atoms with E-state index in [4.69, 9.17) is 16.3 Å². The summed E-state index contributed by atoms with van der Waals surface area (Å²) in [5, 5.41) is 1.23. The van der Waals surface area contributed by atoms with Crippen LogP contribution in [0.5, 0.6) is 0 Å². The molecule has 0 spiro atoms. The third-order valence-electron chi connectivity index (χ3n) is 4.42. The number of pyridine rings is 1. The molecule has 0 fully saturated rings. The van der Waals surface area contributed by atoms with Crippen molar-refractivity contribution in [2.24, 2.45) is 0 Å². The van der Waals surface area contributed by atoms with Crippen LogP contribution in [-0.4, -0.2) is 16.6 Å². The van der Waals surface area contributed by atoms with Crippen molar-refractivity contribution >= 4 is 28.5 Å². The number of carbonyl (C=O) groups excluding carboxylic acids is 1. The third-order valence-corrected chi connectivity index (χ3v) is 4.66. The van der Waals surface area contributed by atoms with Gasteiger partial charge in [-0.25, -0.2) is 4.79 Å². The van der Waals surface area contributed by atoms with Gasteiger partial charge in [0.1, 0.15) is 11.2 Å². The fraction of sp³-hybridized carbons (Fsp3) is 0.304. The lowest BCUT2D eigenvalue weighted by Crippen LogP contribution is -2.29. The molecule has 0 bridgehead atoms. The summed E-state index contributed by atoms with van der Waals surface area (Å²) in [5.74, 6) is -0.345. The Morgan fingerprint density at radius 3 is 2.46 bits per heavy atom. The van der Waals surface area contributed by atoms with Crippen LogP contribution in [0.1, 0.15) is 56.5 Å². The number of aromatic amines is 1. The monoisotopic (exact) mass is 397 g/mol. The maximum atomic E-state index is 12.9. The van der Waals surface area contributed by atoms with Crippen molar-refractivity contribution in [3.8, 4) is 11.1 Å². The van der Waals surface area contributed by atoms with Crippen LogP contribution < -0.4 is 5.56 Å². The van der Waals surface area contributed by atoms with Gasteiger partial charge in [0.25, 0.3) is 5.56 Å². The average Bonchev–Trinajstić information content (AvgIpc) is 2.59. The second-order valence-electron chi connectivity index (χ2n) is 8.18. The average molecular weight is 398 g/mol. The number of hydrogen-bond donors (Lipinski definition) is 1. The first-order chi connectivity index (χ1) is 13.1. The molecule has 0 unspecified atom stereocenters. The molecule has 0 saturated heterocycles. The van der Waals surface area contributed by atoms with E-state index in [0.717, 1.165) is 11.1 Å². The van der Waals surface area contributed by atoms with Crippen molar-refractivity contribution in [3.05, 3.63) is 69.0 Å². The minimum absolute atomic E-state index is 0.00871. The molecule has 0 aliphatic carbocycles. The van der Waals surface area contributed by atoms with E-state index in [1.807, 2.05) is 24.3 Å². The lowest BCUT2D eigenvalue weighted by molar-refractivity contribution is 0.00687. The van der Waals surface area contributed by atoms with Crippen LogP contribution >= 0.6 is 11.6 Å². The van der Waals surface area contributed by atoms with E-state index in [1.54, 1.807) is 39.0 Å². The zero-order chi connectivity index (χ0) is 20.6. The van der Waals surface area contributed by atoms with E-state index in [0.29, 0.717) is 27.4 Å². The highest BCUT2D eigenvalue weighted by Crippen LogP contribution is 2.33. The molecule has 0 saturated carbocycles. The van der Waals surface area contributed by atoms with E-state index in [9.17, 15) is 9.59 Å². The number of hydrogen-bond acceptors (Lipinski definition) is 3. The number of esters is 1. The summed E-state index contributed by atoms with van der Waals surface area (Å²) in [6.07, 6.45) is 0. The molecule has 0 atom stereocenters. The largest absolute Gasteiger partial charge is 0.456 e.